The zero-order valence-electron chi connectivity index (χ0n) is 8.51. The summed E-state index contributed by atoms with van der Waals surface area (Å²) in [6.07, 6.45) is 0.711. The molecule has 0 fully saturated rings. The lowest BCUT2D eigenvalue weighted by Gasteiger charge is -2.07. The van der Waals surface area contributed by atoms with Crippen molar-refractivity contribution in [1.82, 2.24) is 4.98 Å². The molecule has 0 radical (unpaired) electrons. The third-order valence-corrected chi connectivity index (χ3v) is 2.39. The van der Waals surface area contributed by atoms with Crippen molar-refractivity contribution >= 4 is 29.2 Å². The van der Waals surface area contributed by atoms with Gasteiger partial charge >= 0.3 is 5.97 Å². The predicted molar refractivity (Wildman–Crippen MR) is 59.6 cm³/mol. The molecule has 15 heavy (non-hydrogen) atoms. The Kier molecular flexibility index (Phi) is 4.36. The first-order chi connectivity index (χ1) is 7.10. The number of hydrogen-bond donors (Lipinski definition) is 0. The Morgan fingerprint density at radius 2 is 2.13 bits per heavy atom. The maximum absolute atomic E-state index is 11.5. The quantitative estimate of drug-likeness (QED) is 0.609. The van der Waals surface area contributed by atoms with Crippen molar-refractivity contribution in [2.24, 2.45) is 0 Å². The summed E-state index contributed by atoms with van der Waals surface area (Å²) in [6.45, 7) is 3.92. The summed E-state index contributed by atoms with van der Waals surface area (Å²) in [4.78, 5) is 15.5. The summed E-state index contributed by atoms with van der Waals surface area (Å²) < 4.78 is 4.82. The number of carbonyl (C=O) groups is 1. The van der Waals surface area contributed by atoms with Crippen LogP contribution in [0, 0.1) is 0 Å². The fourth-order valence-corrected chi connectivity index (χ4v) is 1.73. The zero-order valence-corrected chi connectivity index (χ0v) is 10.0. The van der Waals surface area contributed by atoms with Crippen molar-refractivity contribution in [1.29, 1.82) is 0 Å². The third kappa shape index (κ3) is 2.83. The number of aromatic nitrogens is 1. The number of aryl methyl sites for hydroxylation is 1. The highest BCUT2D eigenvalue weighted by Crippen LogP contribution is 2.24. The first kappa shape index (κ1) is 12.3. The molecule has 0 saturated heterocycles. The number of ether oxygens (including phenoxy) is 1. The molecule has 0 bridgehead atoms. The highest BCUT2D eigenvalue weighted by molar-refractivity contribution is 6.38. The second-order valence-corrected chi connectivity index (χ2v) is 3.60. The largest absolute Gasteiger partial charge is 0.462 e. The molecular weight excluding hydrogens is 237 g/mol. The average molecular weight is 248 g/mol. The van der Waals surface area contributed by atoms with Gasteiger partial charge in [-0.2, -0.15) is 0 Å². The van der Waals surface area contributed by atoms with Gasteiger partial charge < -0.3 is 4.74 Å². The van der Waals surface area contributed by atoms with Crippen LogP contribution in [0.15, 0.2) is 6.07 Å². The van der Waals surface area contributed by atoms with Crippen molar-refractivity contribution in [2.75, 3.05) is 6.61 Å². The van der Waals surface area contributed by atoms with E-state index >= 15 is 0 Å². The Hall–Kier alpha value is -0.800. The Bertz CT molecular complexity index is 357. The van der Waals surface area contributed by atoms with Gasteiger partial charge in [0.2, 0.25) is 0 Å². The molecule has 0 spiro atoms. The van der Waals surface area contributed by atoms with E-state index in [1.165, 1.54) is 0 Å². The van der Waals surface area contributed by atoms with Crippen LogP contribution in [0.5, 0.6) is 0 Å². The second-order valence-electron chi connectivity index (χ2n) is 2.84. The van der Waals surface area contributed by atoms with Gasteiger partial charge in [0, 0.05) is 5.69 Å². The minimum absolute atomic E-state index is 0.0952. The molecule has 3 nitrogen and oxygen atoms in total. The number of carbonyl (C=O) groups excluding carboxylic acids is 1. The summed E-state index contributed by atoms with van der Waals surface area (Å²) in [5, 5.41) is 0.378. The van der Waals surface area contributed by atoms with Gasteiger partial charge in [-0.1, -0.05) is 30.1 Å². The van der Waals surface area contributed by atoms with Crippen molar-refractivity contribution in [3.63, 3.8) is 0 Å². The van der Waals surface area contributed by atoms with Gasteiger partial charge in [0.15, 0.2) is 0 Å². The molecular formula is C10H11Cl2NO2. The van der Waals surface area contributed by atoms with Crippen molar-refractivity contribution in [3.05, 3.63) is 27.5 Å². The highest BCUT2D eigenvalue weighted by atomic mass is 35.5. The Morgan fingerprint density at radius 1 is 1.47 bits per heavy atom. The van der Waals surface area contributed by atoms with Crippen molar-refractivity contribution < 1.29 is 9.53 Å². The van der Waals surface area contributed by atoms with Crippen molar-refractivity contribution in [2.45, 2.75) is 20.3 Å². The van der Waals surface area contributed by atoms with E-state index in [0.717, 1.165) is 5.69 Å². The molecule has 0 aliphatic carbocycles. The fraction of sp³-hybridized carbons (Fsp3) is 0.400. The van der Waals surface area contributed by atoms with Gasteiger partial charge in [-0.05, 0) is 19.4 Å². The zero-order chi connectivity index (χ0) is 11.4. The molecule has 0 atom stereocenters. The lowest BCUT2D eigenvalue weighted by Crippen LogP contribution is -2.08. The number of rotatable bonds is 3. The first-order valence-electron chi connectivity index (χ1n) is 4.62. The minimum atomic E-state index is -0.539. The van der Waals surface area contributed by atoms with Crippen LogP contribution >= 0.6 is 23.2 Å². The monoisotopic (exact) mass is 247 g/mol. The van der Waals surface area contributed by atoms with E-state index in [1.54, 1.807) is 13.0 Å². The summed E-state index contributed by atoms with van der Waals surface area (Å²) in [7, 11) is 0. The van der Waals surface area contributed by atoms with Gasteiger partial charge in [0.25, 0.3) is 0 Å². The maximum Gasteiger partial charge on any atom is 0.342 e. The van der Waals surface area contributed by atoms with Crippen LogP contribution in [0.3, 0.4) is 0 Å². The molecule has 0 saturated carbocycles. The summed E-state index contributed by atoms with van der Waals surface area (Å²) >= 11 is 11.8. The van der Waals surface area contributed by atoms with E-state index in [9.17, 15) is 4.79 Å². The predicted octanol–water partition coefficient (Wildman–Crippen LogP) is 3.13. The number of hydrogen-bond acceptors (Lipinski definition) is 3. The molecule has 0 unspecified atom stereocenters. The number of nitrogens with zero attached hydrogens (tertiary/aromatic N) is 1. The normalized spacial score (nSPS) is 10.1. The van der Waals surface area contributed by atoms with E-state index in [1.807, 2.05) is 6.92 Å². The van der Waals surface area contributed by atoms with Gasteiger partial charge in [-0.15, -0.1) is 0 Å². The van der Waals surface area contributed by atoms with Gasteiger partial charge in [-0.3, -0.25) is 0 Å². The van der Waals surface area contributed by atoms with E-state index in [0.29, 0.717) is 6.42 Å². The molecule has 1 rings (SSSR count). The molecule has 1 aromatic rings. The topological polar surface area (TPSA) is 39.2 Å². The molecule has 1 heterocycles. The molecule has 0 amide bonds. The Morgan fingerprint density at radius 3 is 2.60 bits per heavy atom. The van der Waals surface area contributed by atoms with Crippen LogP contribution < -0.4 is 0 Å². The molecule has 5 heteroatoms. The second kappa shape index (κ2) is 5.33. The smallest absolute Gasteiger partial charge is 0.342 e. The summed E-state index contributed by atoms with van der Waals surface area (Å²) in [5.74, 6) is -0.539. The average Bonchev–Trinajstić information content (AvgIpc) is 2.16. The van der Waals surface area contributed by atoms with Gasteiger partial charge in [0.05, 0.1) is 11.6 Å². The number of pyridine rings is 1. The van der Waals surface area contributed by atoms with Crippen LogP contribution in [0.2, 0.25) is 10.2 Å². The van der Waals surface area contributed by atoms with Crippen LogP contribution in [0.4, 0.5) is 0 Å². The molecule has 1 aromatic heterocycles. The fourth-order valence-electron chi connectivity index (χ4n) is 1.10. The maximum atomic E-state index is 11.5. The van der Waals surface area contributed by atoms with E-state index in [-0.39, 0.29) is 22.3 Å². The molecule has 0 aromatic carbocycles. The van der Waals surface area contributed by atoms with Crippen LogP contribution in [0.25, 0.3) is 0 Å². The molecule has 0 aliphatic rings. The summed E-state index contributed by atoms with van der Waals surface area (Å²) in [5.41, 5.74) is 0.885. The lowest BCUT2D eigenvalue weighted by atomic mass is 10.2. The third-order valence-electron chi connectivity index (χ3n) is 1.82. The van der Waals surface area contributed by atoms with Gasteiger partial charge in [0.1, 0.15) is 10.7 Å². The molecule has 82 valence electrons. The number of esters is 1. The standard InChI is InChI=1S/C10H11Cl2NO2/c1-3-6-5-7(11)8(9(12)13-6)10(14)15-4-2/h5H,3-4H2,1-2H3. The van der Waals surface area contributed by atoms with Crippen LogP contribution in [-0.4, -0.2) is 17.6 Å². The van der Waals surface area contributed by atoms with Crippen molar-refractivity contribution in [3.8, 4) is 0 Å². The molecule has 0 N–H and O–H groups in total. The van der Waals surface area contributed by atoms with E-state index in [4.69, 9.17) is 27.9 Å². The van der Waals surface area contributed by atoms with E-state index in [2.05, 4.69) is 4.98 Å². The Balaban J connectivity index is 3.13. The summed E-state index contributed by atoms with van der Waals surface area (Å²) in [6, 6.07) is 1.62. The first-order valence-corrected chi connectivity index (χ1v) is 5.37. The molecule has 0 aliphatic heterocycles. The van der Waals surface area contributed by atoms with Crippen LogP contribution in [-0.2, 0) is 11.2 Å². The van der Waals surface area contributed by atoms with E-state index < -0.39 is 5.97 Å². The SMILES string of the molecule is CCOC(=O)c1c(Cl)cc(CC)nc1Cl. The van der Waals surface area contributed by atoms with Crippen LogP contribution in [0.1, 0.15) is 29.9 Å². The number of halogens is 2. The lowest BCUT2D eigenvalue weighted by molar-refractivity contribution is 0.0526. The van der Waals surface area contributed by atoms with Gasteiger partial charge in [-0.25, -0.2) is 9.78 Å². The highest BCUT2D eigenvalue weighted by Gasteiger charge is 2.17. The Labute approximate surface area is 98.4 Å². The minimum Gasteiger partial charge on any atom is -0.462 e.